The Morgan fingerprint density at radius 1 is 0.848 bits per heavy atom. The highest BCUT2D eigenvalue weighted by molar-refractivity contribution is 7.89. The fourth-order valence-corrected chi connectivity index (χ4v) is 7.46. The maximum atomic E-state index is 12.8. The summed E-state index contributed by atoms with van der Waals surface area (Å²) in [5.41, 5.74) is 0.266. The second-order valence-electron chi connectivity index (χ2n) is 13.2. The molecule has 9 heteroatoms. The van der Waals surface area contributed by atoms with Gasteiger partial charge in [-0.15, -0.1) is 0 Å². The van der Waals surface area contributed by atoms with E-state index in [1.165, 1.54) is 89.9 Å². The highest BCUT2D eigenvalue weighted by Gasteiger charge is 2.38. The number of aryl methyl sites for hydroxylation is 1. The number of ether oxygens (including phenoxy) is 2. The van der Waals surface area contributed by atoms with E-state index in [4.69, 9.17) is 9.47 Å². The SMILES string of the molecule is CCCCCCCCCCCCCCCCCCNC(=O)OCC1(CNS(=O)(=O)CCC[n+]2cccc3ccccc32)CCCO1. The lowest BCUT2D eigenvalue weighted by molar-refractivity contribution is -0.671. The molecule has 8 nitrogen and oxygen atoms in total. The molecule has 1 saturated heterocycles. The number of sulfonamides is 1. The quantitative estimate of drug-likeness (QED) is 0.0788. The van der Waals surface area contributed by atoms with E-state index in [0.29, 0.717) is 32.5 Å². The highest BCUT2D eigenvalue weighted by atomic mass is 32.2. The van der Waals surface area contributed by atoms with Crippen molar-refractivity contribution in [3.63, 3.8) is 0 Å². The smallest absolute Gasteiger partial charge is 0.407 e. The number of hydrogen-bond acceptors (Lipinski definition) is 5. The molecule has 2 heterocycles. The summed E-state index contributed by atoms with van der Waals surface area (Å²) in [6.07, 6.45) is 24.5. The van der Waals surface area contributed by atoms with Gasteiger partial charge in [-0.2, -0.15) is 4.57 Å². The van der Waals surface area contributed by atoms with E-state index < -0.39 is 21.7 Å². The van der Waals surface area contributed by atoms with Gasteiger partial charge < -0.3 is 14.8 Å². The Hall–Kier alpha value is -2.23. The first-order chi connectivity index (χ1) is 22.4. The van der Waals surface area contributed by atoms with Gasteiger partial charge in [-0.05, 0) is 31.4 Å². The molecule has 0 spiro atoms. The maximum absolute atomic E-state index is 12.8. The van der Waals surface area contributed by atoms with E-state index in [1.807, 2.05) is 30.5 Å². The Bertz CT molecular complexity index is 1210. The van der Waals surface area contributed by atoms with Gasteiger partial charge in [-0.1, -0.05) is 115 Å². The summed E-state index contributed by atoms with van der Waals surface area (Å²) in [7, 11) is -3.51. The number of aromatic nitrogens is 1. The molecule has 3 rings (SSSR count). The molecule has 0 saturated carbocycles. The minimum atomic E-state index is -3.51. The molecule has 260 valence electrons. The van der Waals surface area contributed by atoms with Crippen LogP contribution < -0.4 is 14.6 Å². The predicted molar refractivity (Wildman–Crippen MR) is 187 cm³/mol. The van der Waals surface area contributed by atoms with E-state index in [1.54, 1.807) is 0 Å². The van der Waals surface area contributed by atoms with Gasteiger partial charge in [-0.25, -0.2) is 17.9 Å². The number of benzene rings is 1. The van der Waals surface area contributed by atoms with Gasteiger partial charge in [0.05, 0.1) is 5.75 Å². The molecule has 46 heavy (non-hydrogen) atoms. The van der Waals surface area contributed by atoms with Crippen molar-refractivity contribution in [3.8, 4) is 0 Å². The number of amides is 1. The summed E-state index contributed by atoms with van der Waals surface area (Å²) in [4.78, 5) is 12.3. The van der Waals surface area contributed by atoms with E-state index in [9.17, 15) is 13.2 Å². The van der Waals surface area contributed by atoms with E-state index in [2.05, 4.69) is 33.7 Å². The predicted octanol–water partition coefficient (Wildman–Crippen LogP) is 7.97. The van der Waals surface area contributed by atoms with Crippen LogP contribution in [-0.2, 0) is 26.0 Å². The van der Waals surface area contributed by atoms with Crippen LogP contribution in [0.4, 0.5) is 4.79 Å². The number of unbranched alkanes of at least 4 members (excludes halogenated alkanes) is 15. The van der Waals surface area contributed by atoms with Gasteiger partial charge in [0.15, 0.2) is 6.20 Å². The van der Waals surface area contributed by atoms with Crippen molar-refractivity contribution in [1.82, 2.24) is 10.0 Å². The van der Waals surface area contributed by atoms with Crippen molar-refractivity contribution in [1.29, 1.82) is 0 Å². The molecule has 1 aromatic carbocycles. The van der Waals surface area contributed by atoms with Gasteiger partial charge in [-0.3, -0.25) is 0 Å². The molecule has 1 atom stereocenters. The Morgan fingerprint density at radius 3 is 2.09 bits per heavy atom. The molecule has 1 fully saturated rings. The molecule has 2 N–H and O–H groups in total. The highest BCUT2D eigenvalue weighted by Crippen LogP contribution is 2.26. The summed E-state index contributed by atoms with van der Waals surface area (Å²) >= 11 is 0. The average Bonchev–Trinajstić information content (AvgIpc) is 3.54. The molecule has 1 aliphatic heterocycles. The minimum absolute atomic E-state index is 0.0138. The van der Waals surface area contributed by atoms with E-state index >= 15 is 0 Å². The van der Waals surface area contributed by atoms with E-state index in [0.717, 1.165) is 30.2 Å². The maximum Gasteiger partial charge on any atom is 0.407 e. The fraction of sp³-hybridized carbons (Fsp3) is 0.730. The number of fused-ring (bicyclic) bond motifs is 1. The van der Waals surface area contributed by atoms with Gasteiger partial charge in [0.25, 0.3) is 0 Å². The summed E-state index contributed by atoms with van der Waals surface area (Å²) < 4.78 is 41.8. The number of rotatable bonds is 26. The second-order valence-corrected chi connectivity index (χ2v) is 15.1. The number of carbonyl (C=O) groups excluding carboxylic acids is 1. The number of alkyl carbamates (subject to hydrolysis) is 1. The Morgan fingerprint density at radius 2 is 1.46 bits per heavy atom. The van der Waals surface area contributed by atoms with Crippen LogP contribution in [0.3, 0.4) is 0 Å². The largest absolute Gasteiger partial charge is 0.446 e. The number of nitrogens with one attached hydrogen (secondary N) is 2. The van der Waals surface area contributed by atoms with Crippen LogP contribution in [-0.4, -0.2) is 52.2 Å². The first-order valence-corrected chi connectivity index (χ1v) is 20.0. The van der Waals surface area contributed by atoms with Gasteiger partial charge in [0.2, 0.25) is 15.5 Å². The van der Waals surface area contributed by atoms with Crippen molar-refractivity contribution in [3.05, 3.63) is 42.6 Å². The molecule has 1 aliphatic rings. The van der Waals surface area contributed by atoms with Crippen LogP contribution in [0, 0.1) is 0 Å². The van der Waals surface area contributed by atoms with Crippen LogP contribution >= 0.6 is 0 Å². The third-order valence-electron chi connectivity index (χ3n) is 9.17. The van der Waals surface area contributed by atoms with Gasteiger partial charge in [0, 0.05) is 43.6 Å². The lowest BCUT2D eigenvalue weighted by Gasteiger charge is -2.28. The third kappa shape index (κ3) is 15.6. The molecular formula is C37H62N3O5S+. The molecule has 1 unspecified atom stereocenters. The van der Waals surface area contributed by atoms with Crippen molar-refractivity contribution in [2.24, 2.45) is 0 Å². The van der Waals surface area contributed by atoms with E-state index in [-0.39, 0.29) is 18.9 Å². The number of para-hydroxylation sites is 1. The monoisotopic (exact) mass is 660 g/mol. The summed E-state index contributed by atoms with van der Waals surface area (Å²) in [6, 6.07) is 12.1. The lowest BCUT2D eigenvalue weighted by Crippen LogP contribution is -2.47. The molecule has 0 aliphatic carbocycles. The number of hydrogen-bond donors (Lipinski definition) is 2. The Labute approximate surface area is 279 Å². The average molecular weight is 661 g/mol. The van der Waals surface area contributed by atoms with Crippen molar-refractivity contribution in [2.75, 3.05) is 32.1 Å². The zero-order valence-corrected chi connectivity index (χ0v) is 29.4. The normalized spacial score (nSPS) is 16.6. The van der Waals surface area contributed by atoms with Crippen molar-refractivity contribution in [2.45, 2.75) is 141 Å². The summed E-state index contributed by atoms with van der Waals surface area (Å²) in [6.45, 7) is 4.13. The number of nitrogens with zero attached hydrogens (tertiary/aromatic N) is 1. The van der Waals surface area contributed by atoms with Gasteiger partial charge in [0.1, 0.15) is 18.8 Å². The molecule has 1 aromatic heterocycles. The zero-order chi connectivity index (χ0) is 32.8. The number of carbonyl (C=O) groups is 1. The van der Waals surface area contributed by atoms with Gasteiger partial charge >= 0.3 is 6.09 Å². The fourth-order valence-electron chi connectivity index (χ4n) is 6.33. The van der Waals surface area contributed by atoms with Crippen LogP contribution in [0.1, 0.15) is 129 Å². The van der Waals surface area contributed by atoms with Crippen LogP contribution in [0.25, 0.3) is 10.9 Å². The first-order valence-electron chi connectivity index (χ1n) is 18.3. The molecular weight excluding hydrogens is 598 g/mol. The Kier molecular flexibility index (Phi) is 18.6. The summed E-state index contributed by atoms with van der Waals surface area (Å²) in [5, 5.41) is 3.97. The minimum Gasteiger partial charge on any atom is -0.446 e. The topological polar surface area (TPSA) is 97.6 Å². The molecule has 0 bridgehead atoms. The molecule has 1 amide bonds. The summed E-state index contributed by atoms with van der Waals surface area (Å²) in [5.74, 6) is 0.0138. The van der Waals surface area contributed by atoms with Crippen LogP contribution in [0.5, 0.6) is 0 Å². The van der Waals surface area contributed by atoms with Crippen LogP contribution in [0.15, 0.2) is 42.6 Å². The molecule has 2 aromatic rings. The Balaban J connectivity index is 1.19. The standard InChI is InChI=1S/C37H61N3O5S/c1-2-3-4-5-6-7-8-9-10-11-12-13-14-15-16-19-27-38-36(41)44-33-37(26-21-30-45-37)32-39-46(42,43)31-22-29-40-28-20-24-34-23-17-18-25-35(34)40/h17-18,20,23-25,28,39H,2-16,19,21-22,26-27,29-33H2,1H3/p+1. The third-order valence-corrected chi connectivity index (χ3v) is 10.6. The zero-order valence-electron chi connectivity index (χ0n) is 28.6. The second kappa shape index (κ2) is 22.4. The molecule has 0 radical (unpaired) electrons. The number of pyridine rings is 1. The van der Waals surface area contributed by atoms with Crippen molar-refractivity contribution < 1.29 is 27.3 Å². The van der Waals surface area contributed by atoms with Crippen LogP contribution in [0.2, 0.25) is 0 Å². The van der Waals surface area contributed by atoms with Crippen molar-refractivity contribution >= 4 is 27.0 Å². The lowest BCUT2D eigenvalue weighted by atomic mass is 10.0. The first kappa shape index (κ1) is 38.2.